The molecule has 2 N–H and O–H groups in total. The van der Waals surface area contributed by atoms with Crippen LogP contribution in [0.25, 0.3) is 0 Å². The van der Waals surface area contributed by atoms with Crippen molar-refractivity contribution in [1.82, 2.24) is 0 Å². The minimum Gasteiger partial charge on any atom is -0.330 e. The van der Waals surface area contributed by atoms with Crippen LogP contribution in [0.1, 0.15) is 29.9 Å². The smallest absolute Gasteiger partial charge is 0.0408 e. The fourth-order valence-corrected chi connectivity index (χ4v) is 2.32. The minimum absolute atomic E-state index is 0. The third-order valence-corrected chi connectivity index (χ3v) is 3.06. The highest BCUT2D eigenvalue weighted by atomic mass is 35.5. The van der Waals surface area contributed by atoms with E-state index in [4.69, 9.17) is 17.3 Å². The predicted octanol–water partition coefficient (Wildman–Crippen LogP) is 3.14. The first kappa shape index (κ1) is 11.8. The second-order valence-electron chi connectivity index (χ2n) is 3.67. The van der Waals surface area contributed by atoms with Crippen molar-refractivity contribution in [2.24, 2.45) is 5.73 Å². The Balaban J connectivity index is 0.000000980. The number of hydrogen-bond acceptors (Lipinski definition) is 1. The average Bonchev–Trinajstić information content (AvgIpc) is 2.16. The Morgan fingerprint density at radius 2 is 2.21 bits per heavy atom. The topological polar surface area (TPSA) is 26.0 Å². The van der Waals surface area contributed by atoms with Crippen molar-refractivity contribution >= 4 is 24.0 Å². The maximum absolute atomic E-state index is 5.94. The Morgan fingerprint density at radius 3 is 2.93 bits per heavy atom. The molecule has 2 rings (SSSR count). The summed E-state index contributed by atoms with van der Waals surface area (Å²) >= 11 is 5.94. The maximum atomic E-state index is 5.94. The molecule has 0 saturated heterocycles. The molecule has 1 unspecified atom stereocenters. The van der Waals surface area contributed by atoms with Gasteiger partial charge in [-0.2, -0.15) is 0 Å². The largest absolute Gasteiger partial charge is 0.330 e. The fraction of sp³-hybridized carbons (Fsp3) is 0.455. The third-order valence-electron chi connectivity index (χ3n) is 2.83. The first-order valence-corrected chi connectivity index (χ1v) is 5.17. The molecule has 0 spiro atoms. The minimum atomic E-state index is 0. The van der Waals surface area contributed by atoms with E-state index in [1.807, 2.05) is 6.07 Å². The zero-order chi connectivity index (χ0) is 9.26. The third kappa shape index (κ3) is 2.22. The van der Waals surface area contributed by atoms with Crippen LogP contribution < -0.4 is 5.73 Å². The van der Waals surface area contributed by atoms with E-state index in [0.29, 0.717) is 5.92 Å². The molecule has 1 nitrogen and oxygen atoms in total. The molecular formula is C11H15Cl2N. The van der Waals surface area contributed by atoms with Crippen molar-refractivity contribution in [2.75, 3.05) is 6.54 Å². The van der Waals surface area contributed by atoms with Gasteiger partial charge in [0.15, 0.2) is 0 Å². The van der Waals surface area contributed by atoms with Gasteiger partial charge in [-0.05, 0) is 55.0 Å². The van der Waals surface area contributed by atoms with E-state index < -0.39 is 0 Å². The van der Waals surface area contributed by atoms with Crippen LogP contribution in [0.4, 0.5) is 0 Å². The van der Waals surface area contributed by atoms with Crippen LogP contribution in [0.2, 0.25) is 5.02 Å². The molecule has 78 valence electrons. The number of benzene rings is 1. The highest BCUT2D eigenvalue weighted by molar-refractivity contribution is 6.30. The van der Waals surface area contributed by atoms with E-state index in [1.54, 1.807) is 0 Å². The van der Waals surface area contributed by atoms with Gasteiger partial charge in [-0.3, -0.25) is 0 Å². The number of hydrogen-bond donors (Lipinski definition) is 1. The molecule has 1 aromatic rings. The summed E-state index contributed by atoms with van der Waals surface area (Å²) in [5, 5.41) is 0.844. The number of rotatable bonds is 1. The summed E-state index contributed by atoms with van der Waals surface area (Å²) in [4.78, 5) is 0. The highest BCUT2D eigenvalue weighted by Crippen LogP contribution is 2.32. The Bertz CT molecular complexity index is 312. The second-order valence-corrected chi connectivity index (χ2v) is 4.10. The zero-order valence-electron chi connectivity index (χ0n) is 8.00. The Kier molecular flexibility index (Phi) is 4.24. The molecule has 0 saturated carbocycles. The second kappa shape index (κ2) is 5.01. The highest BCUT2D eigenvalue weighted by Gasteiger charge is 2.18. The first-order chi connectivity index (χ1) is 6.31. The molecule has 0 bridgehead atoms. The van der Waals surface area contributed by atoms with Crippen LogP contribution in [0.3, 0.4) is 0 Å². The molecule has 0 aliphatic heterocycles. The molecule has 1 aromatic carbocycles. The average molecular weight is 232 g/mol. The number of fused-ring (bicyclic) bond motifs is 1. The standard InChI is InChI=1S/C11H14ClN.ClH/c12-10-4-5-11-8(6-10)2-1-3-9(11)7-13;/h4-6,9H,1-3,7,13H2;1H. The predicted molar refractivity (Wildman–Crippen MR) is 63.4 cm³/mol. The summed E-state index contributed by atoms with van der Waals surface area (Å²) in [5.74, 6) is 0.556. The Hall–Kier alpha value is -0.240. The fourth-order valence-electron chi connectivity index (χ4n) is 2.13. The van der Waals surface area contributed by atoms with E-state index in [0.717, 1.165) is 18.0 Å². The van der Waals surface area contributed by atoms with Crippen LogP contribution >= 0.6 is 24.0 Å². The van der Waals surface area contributed by atoms with Gasteiger partial charge in [-0.15, -0.1) is 12.4 Å². The van der Waals surface area contributed by atoms with Gasteiger partial charge in [0.05, 0.1) is 0 Å². The molecule has 0 aromatic heterocycles. The normalized spacial score (nSPS) is 19.7. The molecule has 0 fully saturated rings. The Labute approximate surface area is 96.0 Å². The van der Waals surface area contributed by atoms with Gasteiger partial charge in [-0.25, -0.2) is 0 Å². The number of aryl methyl sites for hydroxylation is 1. The summed E-state index contributed by atoms with van der Waals surface area (Å²) in [5.41, 5.74) is 8.54. The van der Waals surface area contributed by atoms with E-state index in [1.165, 1.54) is 24.0 Å². The van der Waals surface area contributed by atoms with E-state index in [2.05, 4.69) is 12.1 Å². The van der Waals surface area contributed by atoms with Gasteiger partial charge in [0.1, 0.15) is 0 Å². The lowest BCUT2D eigenvalue weighted by Crippen LogP contribution is -2.17. The molecule has 1 aliphatic carbocycles. The van der Waals surface area contributed by atoms with E-state index in [9.17, 15) is 0 Å². The number of nitrogens with two attached hydrogens (primary N) is 1. The molecular weight excluding hydrogens is 217 g/mol. The molecule has 1 aliphatic rings. The first-order valence-electron chi connectivity index (χ1n) is 4.79. The maximum Gasteiger partial charge on any atom is 0.0408 e. The SMILES string of the molecule is Cl.NCC1CCCc2cc(Cl)ccc21. The van der Waals surface area contributed by atoms with Crippen molar-refractivity contribution in [1.29, 1.82) is 0 Å². The van der Waals surface area contributed by atoms with E-state index in [-0.39, 0.29) is 12.4 Å². The van der Waals surface area contributed by atoms with Crippen molar-refractivity contribution in [3.63, 3.8) is 0 Å². The summed E-state index contributed by atoms with van der Waals surface area (Å²) in [6.45, 7) is 0.759. The molecule has 1 atom stereocenters. The van der Waals surface area contributed by atoms with Crippen molar-refractivity contribution < 1.29 is 0 Å². The van der Waals surface area contributed by atoms with Crippen LogP contribution in [-0.2, 0) is 6.42 Å². The summed E-state index contributed by atoms with van der Waals surface area (Å²) < 4.78 is 0. The van der Waals surface area contributed by atoms with E-state index >= 15 is 0 Å². The lowest BCUT2D eigenvalue weighted by molar-refractivity contribution is 0.561. The van der Waals surface area contributed by atoms with Crippen molar-refractivity contribution in [3.8, 4) is 0 Å². The van der Waals surface area contributed by atoms with Gasteiger partial charge in [0.2, 0.25) is 0 Å². The molecule has 0 radical (unpaired) electrons. The summed E-state index contributed by atoms with van der Waals surface area (Å²) in [7, 11) is 0. The Morgan fingerprint density at radius 1 is 1.43 bits per heavy atom. The lowest BCUT2D eigenvalue weighted by atomic mass is 9.83. The van der Waals surface area contributed by atoms with Crippen LogP contribution in [-0.4, -0.2) is 6.54 Å². The van der Waals surface area contributed by atoms with Gasteiger partial charge < -0.3 is 5.73 Å². The lowest BCUT2D eigenvalue weighted by Gasteiger charge is -2.24. The van der Waals surface area contributed by atoms with Gasteiger partial charge in [0.25, 0.3) is 0 Å². The van der Waals surface area contributed by atoms with Crippen LogP contribution in [0, 0.1) is 0 Å². The molecule has 0 amide bonds. The molecule has 0 heterocycles. The van der Waals surface area contributed by atoms with Crippen LogP contribution in [0.15, 0.2) is 18.2 Å². The zero-order valence-corrected chi connectivity index (χ0v) is 9.57. The van der Waals surface area contributed by atoms with Gasteiger partial charge >= 0.3 is 0 Å². The van der Waals surface area contributed by atoms with Crippen LogP contribution in [0.5, 0.6) is 0 Å². The summed E-state index contributed by atoms with van der Waals surface area (Å²) in [6.07, 6.45) is 3.63. The quantitative estimate of drug-likeness (QED) is 0.790. The van der Waals surface area contributed by atoms with Gasteiger partial charge in [0, 0.05) is 5.02 Å². The summed E-state index contributed by atoms with van der Waals surface area (Å²) in [6, 6.07) is 6.18. The number of halogens is 2. The molecule has 14 heavy (non-hydrogen) atoms. The monoisotopic (exact) mass is 231 g/mol. The van der Waals surface area contributed by atoms with Gasteiger partial charge in [-0.1, -0.05) is 17.7 Å². The molecule has 3 heteroatoms. The van der Waals surface area contributed by atoms with Crippen molar-refractivity contribution in [2.45, 2.75) is 25.2 Å². The van der Waals surface area contributed by atoms with Crippen molar-refractivity contribution in [3.05, 3.63) is 34.3 Å².